The van der Waals surface area contributed by atoms with Gasteiger partial charge in [-0.1, -0.05) is 0 Å². The first kappa shape index (κ1) is 17.3. The van der Waals surface area contributed by atoms with Gasteiger partial charge in [-0.2, -0.15) is 0 Å². The third-order valence-electron chi connectivity index (χ3n) is 4.09. The zero-order valence-electron chi connectivity index (χ0n) is 14.1. The molecule has 0 saturated carbocycles. The molecule has 2 aromatic rings. The van der Waals surface area contributed by atoms with Gasteiger partial charge in [-0.3, -0.25) is 14.4 Å². The Labute approximate surface area is 158 Å². The second-order valence-corrected chi connectivity index (χ2v) is 6.94. The summed E-state index contributed by atoms with van der Waals surface area (Å²) in [6.45, 7) is 0.171. The Balaban J connectivity index is 1.31. The molecule has 4 rings (SSSR count). The molecule has 1 aromatic carbocycles. The van der Waals surface area contributed by atoms with Crippen molar-refractivity contribution in [2.75, 3.05) is 17.4 Å². The monoisotopic (exact) mass is 388 g/mol. The standard InChI is InChI=1S/C17H16N4O5S/c22-14-4-2-11(20-14)16(24)21-17-19-10(7-27-17)6-15(23)18-9-1-3-12-13(5-9)26-8-25-12/h1,3,5,7,11H,2,4,6,8H2,(H,18,23)(H,20,22)(H,19,21,24)/t11-/m0/s1. The molecule has 0 unspecified atom stereocenters. The summed E-state index contributed by atoms with van der Waals surface area (Å²) in [6.07, 6.45) is 0.892. The van der Waals surface area contributed by atoms with Gasteiger partial charge in [0.25, 0.3) is 0 Å². The summed E-state index contributed by atoms with van der Waals surface area (Å²) in [6, 6.07) is 4.63. The highest BCUT2D eigenvalue weighted by atomic mass is 32.1. The number of benzene rings is 1. The van der Waals surface area contributed by atoms with Crippen LogP contribution in [-0.2, 0) is 20.8 Å². The topological polar surface area (TPSA) is 119 Å². The van der Waals surface area contributed by atoms with Crippen molar-refractivity contribution in [2.24, 2.45) is 0 Å². The number of amides is 3. The first-order valence-corrected chi connectivity index (χ1v) is 9.19. The highest BCUT2D eigenvalue weighted by Crippen LogP contribution is 2.34. The van der Waals surface area contributed by atoms with Crippen molar-refractivity contribution in [3.05, 3.63) is 29.3 Å². The van der Waals surface area contributed by atoms with E-state index in [2.05, 4.69) is 20.9 Å². The van der Waals surface area contributed by atoms with E-state index in [9.17, 15) is 14.4 Å². The van der Waals surface area contributed by atoms with Crippen molar-refractivity contribution in [3.63, 3.8) is 0 Å². The Bertz CT molecular complexity index is 912. The molecule has 0 bridgehead atoms. The summed E-state index contributed by atoms with van der Waals surface area (Å²) >= 11 is 1.23. The van der Waals surface area contributed by atoms with Crippen LogP contribution in [0, 0.1) is 0 Å². The van der Waals surface area contributed by atoms with E-state index in [1.807, 2.05) is 0 Å². The minimum Gasteiger partial charge on any atom is -0.454 e. The van der Waals surface area contributed by atoms with Crippen LogP contribution in [0.15, 0.2) is 23.6 Å². The Morgan fingerprint density at radius 1 is 1.26 bits per heavy atom. The zero-order chi connectivity index (χ0) is 18.8. The van der Waals surface area contributed by atoms with Crippen molar-refractivity contribution in [1.29, 1.82) is 0 Å². The van der Waals surface area contributed by atoms with Crippen molar-refractivity contribution < 1.29 is 23.9 Å². The average molecular weight is 388 g/mol. The molecular weight excluding hydrogens is 372 g/mol. The van der Waals surface area contributed by atoms with Crippen LogP contribution in [0.5, 0.6) is 11.5 Å². The fourth-order valence-electron chi connectivity index (χ4n) is 2.79. The van der Waals surface area contributed by atoms with Gasteiger partial charge in [-0.15, -0.1) is 11.3 Å². The minimum atomic E-state index is -0.529. The van der Waals surface area contributed by atoms with Crippen LogP contribution in [0.4, 0.5) is 10.8 Å². The highest BCUT2D eigenvalue weighted by molar-refractivity contribution is 7.13. The molecule has 2 aliphatic rings. The second kappa shape index (κ2) is 7.23. The fourth-order valence-corrected chi connectivity index (χ4v) is 3.51. The molecule has 3 amide bonds. The van der Waals surface area contributed by atoms with Gasteiger partial charge in [-0.25, -0.2) is 4.98 Å². The van der Waals surface area contributed by atoms with Crippen LogP contribution in [-0.4, -0.2) is 35.5 Å². The lowest BCUT2D eigenvalue weighted by molar-refractivity contribution is -0.122. The van der Waals surface area contributed by atoms with Gasteiger partial charge < -0.3 is 25.4 Å². The van der Waals surface area contributed by atoms with E-state index in [0.29, 0.717) is 40.9 Å². The minimum absolute atomic E-state index is 0.0704. The Morgan fingerprint density at radius 3 is 2.93 bits per heavy atom. The van der Waals surface area contributed by atoms with E-state index in [-0.39, 0.29) is 30.9 Å². The second-order valence-electron chi connectivity index (χ2n) is 6.09. The summed E-state index contributed by atoms with van der Waals surface area (Å²) in [5.74, 6) is 0.568. The van der Waals surface area contributed by atoms with Gasteiger partial charge in [0.1, 0.15) is 6.04 Å². The molecule has 27 heavy (non-hydrogen) atoms. The first-order chi connectivity index (χ1) is 13.1. The number of ether oxygens (including phenoxy) is 2. The summed E-state index contributed by atoms with van der Waals surface area (Å²) in [5, 5.41) is 10.1. The number of thiazole rings is 1. The number of hydrogen-bond acceptors (Lipinski definition) is 7. The number of aromatic nitrogens is 1. The lowest BCUT2D eigenvalue weighted by atomic mass is 10.2. The highest BCUT2D eigenvalue weighted by Gasteiger charge is 2.27. The predicted molar refractivity (Wildman–Crippen MR) is 96.8 cm³/mol. The maximum atomic E-state index is 12.2. The molecule has 3 N–H and O–H groups in total. The molecule has 1 saturated heterocycles. The lowest BCUT2D eigenvalue weighted by Crippen LogP contribution is -2.37. The van der Waals surface area contributed by atoms with Gasteiger partial charge in [0.05, 0.1) is 12.1 Å². The Kier molecular flexibility index (Phi) is 4.63. The molecule has 3 heterocycles. The Morgan fingerprint density at radius 2 is 2.11 bits per heavy atom. The van der Waals surface area contributed by atoms with Crippen molar-refractivity contribution in [1.82, 2.24) is 10.3 Å². The number of rotatable bonds is 5. The first-order valence-electron chi connectivity index (χ1n) is 8.31. The van der Waals surface area contributed by atoms with Gasteiger partial charge in [-0.05, 0) is 18.6 Å². The molecule has 10 heteroatoms. The maximum absolute atomic E-state index is 12.2. The average Bonchev–Trinajstić information content (AvgIpc) is 3.35. The normalized spacial score (nSPS) is 17.5. The van der Waals surface area contributed by atoms with Crippen molar-refractivity contribution >= 4 is 39.9 Å². The third-order valence-corrected chi connectivity index (χ3v) is 4.90. The quantitative estimate of drug-likeness (QED) is 0.710. The van der Waals surface area contributed by atoms with Gasteiger partial charge in [0, 0.05) is 23.6 Å². The predicted octanol–water partition coefficient (Wildman–Crippen LogP) is 1.27. The fraction of sp³-hybridized carbons (Fsp3) is 0.294. The lowest BCUT2D eigenvalue weighted by Gasteiger charge is -2.08. The number of hydrogen-bond donors (Lipinski definition) is 3. The number of fused-ring (bicyclic) bond motifs is 1. The van der Waals surface area contributed by atoms with Crippen molar-refractivity contribution in [3.8, 4) is 11.5 Å². The molecule has 1 aromatic heterocycles. The van der Waals surface area contributed by atoms with E-state index in [1.54, 1.807) is 23.6 Å². The van der Waals surface area contributed by atoms with E-state index >= 15 is 0 Å². The van der Waals surface area contributed by atoms with Crippen LogP contribution < -0.4 is 25.4 Å². The van der Waals surface area contributed by atoms with Crippen LogP contribution >= 0.6 is 11.3 Å². The summed E-state index contributed by atoms with van der Waals surface area (Å²) < 4.78 is 10.5. The SMILES string of the molecule is O=C(Cc1csc(NC(=O)[C@@H]2CCC(=O)N2)n1)Nc1ccc2c(c1)OCO2. The van der Waals surface area contributed by atoms with Crippen LogP contribution in [0.3, 0.4) is 0 Å². The van der Waals surface area contributed by atoms with Gasteiger partial charge in [0.15, 0.2) is 16.6 Å². The molecule has 9 nitrogen and oxygen atoms in total. The van der Waals surface area contributed by atoms with E-state index < -0.39 is 6.04 Å². The summed E-state index contributed by atoms with van der Waals surface area (Å²) in [7, 11) is 0. The molecule has 140 valence electrons. The molecule has 0 spiro atoms. The van der Waals surface area contributed by atoms with Gasteiger partial charge in [0.2, 0.25) is 24.5 Å². The Hall–Kier alpha value is -3.14. The molecule has 1 fully saturated rings. The summed E-state index contributed by atoms with van der Waals surface area (Å²) in [5.41, 5.74) is 1.15. The molecule has 0 aliphatic carbocycles. The summed E-state index contributed by atoms with van der Waals surface area (Å²) in [4.78, 5) is 39.7. The van der Waals surface area contributed by atoms with Crippen LogP contribution in [0.2, 0.25) is 0 Å². The largest absolute Gasteiger partial charge is 0.454 e. The number of nitrogens with zero attached hydrogens (tertiary/aromatic N) is 1. The van der Waals surface area contributed by atoms with Crippen LogP contribution in [0.1, 0.15) is 18.5 Å². The number of anilines is 2. The molecule has 2 aliphatic heterocycles. The molecule has 1 atom stereocenters. The molecular formula is C17H16N4O5S. The van der Waals surface area contributed by atoms with Crippen LogP contribution in [0.25, 0.3) is 0 Å². The van der Waals surface area contributed by atoms with E-state index in [4.69, 9.17) is 9.47 Å². The van der Waals surface area contributed by atoms with Gasteiger partial charge >= 0.3 is 0 Å². The maximum Gasteiger partial charge on any atom is 0.248 e. The van der Waals surface area contributed by atoms with Crippen molar-refractivity contribution in [2.45, 2.75) is 25.3 Å². The zero-order valence-corrected chi connectivity index (χ0v) is 14.9. The number of carbonyl (C=O) groups excluding carboxylic acids is 3. The third kappa shape index (κ3) is 4.00. The smallest absolute Gasteiger partial charge is 0.248 e. The van der Waals surface area contributed by atoms with E-state index in [0.717, 1.165) is 0 Å². The van der Waals surface area contributed by atoms with E-state index in [1.165, 1.54) is 11.3 Å². The number of nitrogens with one attached hydrogen (secondary N) is 3. The molecule has 0 radical (unpaired) electrons. The number of carbonyl (C=O) groups is 3.